The summed E-state index contributed by atoms with van der Waals surface area (Å²) in [5.41, 5.74) is 2.32. The molecule has 2 heterocycles. The molecule has 0 radical (unpaired) electrons. The summed E-state index contributed by atoms with van der Waals surface area (Å²) in [6.45, 7) is 2.05. The maximum Gasteiger partial charge on any atom is 0.336 e. The number of carbonyl (C=O) groups is 1. The van der Waals surface area contributed by atoms with Crippen molar-refractivity contribution < 1.29 is 19.1 Å². The first-order valence-electron chi connectivity index (χ1n) is 9.70. The number of methoxy groups -OCH3 is 1. The van der Waals surface area contributed by atoms with Crippen LogP contribution in [0.25, 0.3) is 22.1 Å². The Morgan fingerprint density at radius 3 is 2.59 bits per heavy atom. The molecular formula is C23H23NO5. The van der Waals surface area contributed by atoms with Crippen LogP contribution in [0.15, 0.2) is 57.7 Å². The van der Waals surface area contributed by atoms with Crippen LogP contribution in [0.4, 0.5) is 0 Å². The van der Waals surface area contributed by atoms with Gasteiger partial charge in [0.2, 0.25) is 0 Å². The molecule has 6 nitrogen and oxygen atoms in total. The molecule has 1 N–H and O–H groups in total. The smallest absolute Gasteiger partial charge is 0.336 e. The van der Waals surface area contributed by atoms with Crippen LogP contribution in [-0.4, -0.2) is 36.2 Å². The highest BCUT2D eigenvalue weighted by Crippen LogP contribution is 2.34. The molecule has 150 valence electrons. The van der Waals surface area contributed by atoms with Crippen molar-refractivity contribution in [3.8, 4) is 16.9 Å². The fraction of sp³-hybridized carbons (Fsp3) is 0.304. The number of hydrogen-bond donors (Lipinski definition) is 1. The number of esters is 1. The van der Waals surface area contributed by atoms with Gasteiger partial charge in [-0.05, 0) is 49.2 Å². The first-order valence-corrected chi connectivity index (χ1v) is 9.70. The Hall–Kier alpha value is -3.12. The van der Waals surface area contributed by atoms with E-state index in [2.05, 4.69) is 4.90 Å². The lowest BCUT2D eigenvalue weighted by Gasteiger charge is -2.30. The number of likely N-dealkylation sites (tertiary alicyclic amines) is 1. The molecule has 1 aromatic heterocycles. The van der Waals surface area contributed by atoms with E-state index in [0.29, 0.717) is 17.7 Å². The summed E-state index contributed by atoms with van der Waals surface area (Å²) in [5.74, 6) is -0.0803. The highest BCUT2D eigenvalue weighted by atomic mass is 16.5. The maximum atomic E-state index is 12.2. The van der Waals surface area contributed by atoms with Crippen LogP contribution >= 0.6 is 0 Å². The SMILES string of the molecule is COC(=O)C1CCN(Cc2cc(=O)oc3cc(-c4ccccc4)c(O)cc23)CC1. The van der Waals surface area contributed by atoms with Crippen LogP contribution in [-0.2, 0) is 16.1 Å². The van der Waals surface area contributed by atoms with Crippen molar-refractivity contribution in [1.29, 1.82) is 0 Å². The summed E-state index contributed by atoms with van der Waals surface area (Å²) in [7, 11) is 1.42. The fourth-order valence-corrected chi connectivity index (χ4v) is 3.98. The van der Waals surface area contributed by atoms with Crippen molar-refractivity contribution in [2.45, 2.75) is 19.4 Å². The zero-order chi connectivity index (χ0) is 20.4. The van der Waals surface area contributed by atoms with Gasteiger partial charge in [-0.1, -0.05) is 30.3 Å². The quantitative estimate of drug-likeness (QED) is 0.539. The summed E-state index contributed by atoms with van der Waals surface area (Å²) in [5, 5.41) is 11.3. The minimum absolute atomic E-state index is 0.0636. The number of phenolic OH excluding ortho intramolecular Hbond substituents is 1. The van der Waals surface area contributed by atoms with Gasteiger partial charge in [-0.25, -0.2) is 4.79 Å². The van der Waals surface area contributed by atoms with Crippen molar-refractivity contribution >= 4 is 16.9 Å². The number of carbonyl (C=O) groups excluding carboxylic acids is 1. The van der Waals surface area contributed by atoms with E-state index in [1.165, 1.54) is 13.2 Å². The minimum Gasteiger partial charge on any atom is -0.507 e. The number of nitrogens with zero attached hydrogens (tertiary/aromatic N) is 1. The lowest BCUT2D eigenvalue weighted by molar-refractivity contribution is -0.147. The Morgan fingerprint density at radius 2 is 1.90 bits per heavy atom. The van der Waals surface area contributed by atoms with E-state index in [4.69, 9.17) is 9.15 Å². The third-order valence-corrected chi connectivity index (χ3v) is 5.55. The molecule has 1 aliphatic rings. The Labute approximate surface area is 168 Å². The van der Waals surface area contributed by atoms with Gasteiger partial charge in [0, 0.05) is 23.6 Å². The van der Waals surface area contributed by atoms with Crippen LogP contribution < -0.4 is 5.63 Å². The number of hydrogen-bond acceptors (Lipinski definition) is 6. The predicted octanol–water partition coefficient (Wildman–Crippen LogP) is 3.55. The number of phenols is 1. The van der Waals surface area contributed by atoms with Crippen LogP contribution in [0.2, 0.25) is 0 Å². The standard InChI is InChI=1S/C23H23NO5/c1-28-23(27)16-7-9-24(10-8-16)14-17-11-22(26)29-21-13-18(20(25)12-19(17)21)15-5-3-2-4-6-15/h2-6,11-13,16,25H,7-10,14H2,1H3. The molecule has 0 saturated carbocycles. The van der Waals surface area contributed by atoms with Crippen molar-refractivity contribution in [1.82, 2.24) is 4.90 Å². The van der Waals surface area contributed by atoms with Crippen molar-refractivity contribution in [2.24, 2.45) is 5.92 Å². The van der Waals surface area contributed by atoms with Crippen molar-refractivity contribution in [3.63, 3.8) is 0 Å². The monoisotopic (exact) mass is 393 g/mol. The summed E-state index contributed by atoms with van der Waals surface area (Å²) >= 11 is 0. The molecule has 3 aromatic rings. The topological polar surface area (TPSA) is 80.0 Å². The Balaban J connectivity index is 1.63. The van der Waals surface area contributed by atoms with Crippen LogP contribution in [0.5, 0.6) is 5.75 Å². The summed E-state index contributed by atoms with van der Waals surface area (Å²) in [6.07, 6.45) is 1.46. The van der Waals surface area contributed by atoms with Gasteiger partial charge in [0.25, 0.3) is 0 Å². The molecule has 0 bridgehead atoms. The molecule has 0 aliphatic carbocycles. The number of benzene rings is 2. The number of fused-ring (bicyclic) bond motifs is 1. The molecule has 1 aliphatic heterocycles. The van der Waals surface area contributed by atoms with Gasteiger partial charge in [-0.2, -0.15) is 0 Å². The number of ether oxygens (including phenoxy) is 1. The first kappa shape index (κ1) is 19.2. The molecule has 1 saturated heterocycles. The van der Waals surface area contributed by atoms with E-state index in [0.717, 1.165) is 42.4 Å². The molecule has 2 aromatic carbocycles. The third kappa shape index (κ3) is 4.03. The second kappa shape index (κ2) is 8.09. The second-order valence-electron chi connectivity index (χ2n) is 7.40. The van der Waals surface area contributed by atoms with E-state index in [-0.39, 0.29) is 17.6 Å². The molecule has 1 fully saturated rings. The lowest BCUT2D eigenvalue weighted by Crippen LogP contribution is -2.36. The number of aromatic hydroxyl groups is 1. The zero-order valence-electron chi connectivity index (χ0n) is 16.3. The van der Waals surface area contributed by atoms with Crippen LogP contribution in [0.1, 0.15) is 18.4 Å². The van der Waals surface area contributed by atoms with E-state index in [1.54, 1.807) is 12.1 Å². The summed E-state index contributed by atoms with van der Waals surface area (Å²) < 4.78 is 10.3. The highest BCUT2D eigenvalue weighted by molar-refractivity contribution is 5.88. The second-order valence-corrected chi connectivity index (χ2v) is 7.40. The molecule has 0 spiro atoms. The Kier molecular flexibility index (Phi) is 5.36. The normalized spacial score (nSPS) is 15.5. The summed E-state index contributed by atoms with van der Waals surface area (Å²) in [6, 6.07) is 14.3. The Bertz CT molecular complexity index is 1080. The zero-order valence-corrected chi connectivity index (χ0v) is 16.3. The van der Waals surface area contributed by atoms with Crippen LogP contribution in [0.3, 0.4) is 0 Å². The van der Waals surface area contributed by atoms with Gasteiger partial charge in [-0.15, -0.1) is 0 Å². The number of piperidine rings is 1. The molecule has 0 unspecified atom stereocenters. The third-order valence-electron chi connectivity index (χ3n) is 5.55. The fourth-order valence-electron chi connectivity index (χ4n) is 3.98. The van der Waals surface area contributed by atoms with E-state index >= 15 is 0 Å². The Morgan fingerprint density at radius 1 is 1.17 bits per heavy atom. The molecular weight excluding hydrogens is 370 g/mol. The van der Waals surface area contributed by atoms with E-state index < -0.39 is 5.63 Å². The molecule has 4 rings (SSSR count). The van der Waals surface area contributed by atoms with Gasteiger partial charge in [0.15, 0.2) is 0 Å². The van der Waals surface area contributed by atoms with Crippen LogP contribution in [0, 0.1) is 5.92 Å². The van der Waals surface area contributed by atoms with E-state index in [1.807, 2.05) is 30.3 Å². The van der Waals surface area contributed by atoms with Gasteiger partial charge in [0.05, 0.1) is 13.0 Å². The predicted molar refractivity (Wildman–Crippen MR) is 110 cm³/mol. The lowest BCUT2D eigenvalue weighted by atomic mass is 9.96. The molecule has 6 heteroatoms. The van der Waals surface area contributed by atoms with Gasteiger partial charge >= 0.3 is 11.6 Å². The minimum atomic E-state index is -0.415. The summed E-state index contributed by atoms with van der Waals surface area (Å²) in [4.78, 5) is 26.1. The van der Waals surface area contributed by atoms with Gasteiger partial charge in [0.1, 0.15) is 11.3 Å². The average Bonchev–Trinajstić information content (AvgIpc) is 2.74. The first-order chi connectivity index (χ1) is 14.0. The molecule has 29 heavy (non-hydrogen) atoms. The van der Waals surface area contributed by atoms with Gasteiger partial charge < -0.3 is 14.3 Å². The van der Waals surface area contributed by atoms with Gasteiger partial charge in [-0.3, -0.25) is 9.69 Å². The van der Waals surface area contributed by atoms with Crippen molar-refractivity contribution in [2.75, 3.05) is 20.2 Å². The van der Waals surface area contributed by atoms with Crippen molar-refractivity contribution in [3.05, 3.63) is 64.5 Å². The number of rotatable bonds is 4. The molecule has 0 atom stereocenters. The average molecular weight is 393 g/mol. The maximum absolute atomic E-state index is 12.2. The largest absolute Gasteiger partial charge is 0.507 e. The van der Waals surface area contributed by atoms with E-state index in [9.17, 15) is 14.7 Å². The highest BCUT2D eigenvalue weighted by Gasteiger charge is 2.26. The molecule has 0 amide bonds.